The SMILES string of the molecule is COC(=O)CC1COc2cc(O[C@@H]3CCc4c3ccc(C(F)(F)F)c4-c3ccc(O)cc3F)ccc21. The first-order valence-corrected chi connectivity index (χ1v) is 11.4. The smallest absolute Gasteiger partial charge is 0.417 e. The number of aromatic hydroxyl groups is 1. The van der Waals surface area contributed by atoms with Crippen LogP contribution in [0.4, 0.5) is 17.6 Å². The second-order valence-corrected chi connectivity index (χ2v) is 8.85. The lowest BCUT2D eigenvalue weighted by atomic mass is 9.91. The minimum absolute atomic E-state index is 0.128. The summed E-state index contributed by atoms with van der Waals surface area (Å²) in [7, 11) is 1.33. The quantitative estimate of drug-likeness (QED) is 0.327. The van der Waals surface area contributed by atoms with Crippen LogP contribution in [0.2, 0.25) is 0 Å². The van der Waals surface area contributed by atoms with E-state index in [9.17, 15) is 27.5 Å². The standard InChI is InChI=1S/C27H22F4O5/c1-34-25(33)10-14-13-35-24-12-16(3-5-17(14)24)36-23-9-7-19-18(23)6-8-21(27(29,30)31)26(19)20-4-2-15(32)11-22(20)28/h2-6,8,11-12,14,23,32H,7,9-10,13H2,1H3/t14?,23-/m1/s1. The lowest BCUT2D eigenvalue weighted by Crippen LogP contribution is -2.11. The molecule has 0 amide bonds. The van der Waals surface area contributed by atoms with E-state index in [1.165, 1.54) is 19.2 Å². The number of benzene rings is 3. The van der Waals surface area contributed by atoms with Crippen molar-refractivity contribution < 1.29 is 41.7 Å². The molecule has 2 atom stereocenters. The summed E-state index contributed by atoms with van der Waals surface area (Å²) in [6.07, 6.45) is -4.36. The Morgan fingerprint density at radius 1 is 1.11 bits per heavy atom. The maximum Gasteiger partial charge on any atom is 0.417 e. The summed E-state index contributed by atoms with van der Waals surface area (Å²) in [6.45, 7) is 0.335. The molecule has 5 nitrogen and oxygen atoms in total. The molecule has 5 rings (SSSR count). The van der Waals surface area contributed by atoms with E-state index in [4.69, 9.17) is 14.2 Å². The molecule has 1 N–H and O–H groups in total. The Morgan fingerprint density at radius 3 is 2.61 bits per heavy atom. The molecule has 9 heteroatoms. The van der Waals surface area contributed by atoms with Gasteiger partial charge in [-0.3, -0.25) is 4.79 Å². The Bertz CT molecular complexity index is 1330. The van der Waals surface area contributed by atoms with E-state index in [-0.39, 0.29) is 41.6 Å². The number of hydrogen-bond acceptors (Lipinski definition) is 5. The molecule has 0 bridgehead atoms. The Morgan fingerprint density at radius 2 is 1.89 bits per heavy atom. The second-order valence-electron chi connectivity index (χ2n) is 8.85. The van der Waals surface area contributed by atoms with Gasteiger partial charge in [-0.2, -0.15) is 13.2 Å². The van der Waals surface area contributed by atoms with Gasteiger partial charge < -0.3 is 19.3 Å². The zero-order valence-electron chi connectivity index (χ0n) is 19.2. The fraction of sp³-hybridized carbons (Fsp3) is 0.296. The van der Waals surface area contributed by atoms with Crippen LogP contribution in [0.5, 0.6) is 17.2 Å². The molecule has 188 valence electrons. The highest BCUT2D eigenvalue weighted by Crippen LogP contribution is 2.47. The summed E-state index contributed by atoms with van der Waals surface area (Å²) in [4.78, 5) is 11.6. The van der Waals surface area contributed by atoms with Gasteiger partial charge in [-0.15, -0.1) is 0 Å². The maximum absolute atomic E-state index is 14.7. The van der Waals surface area contributed by atoms with Gasteiger partial charge in [0.1, 0.15) is 29.2 Å². The number of fused-ring (bicyclic) bond motifs is 2. The van der Waals surface area contributed by atoms with Crippen LogP contribution >= 0.6 is 0 Å². The van der Waals surface area contributed by atoms with E-state index in [1.807, 2.05) is 6.07 Å². The average molecular weight is 502 g/mol. The zero-order chi connectivity index (χ0) is 25.6. The van der Waals surface area contributed by atoms with Crippen LogP contribution in [0, 0.1) is 5.82 Å². The first kappa shape index (κ1) is 24.0. The number of alkyl halides is 3. The molecule has 0 saturated carbocycles. The third kappa shape index (κ3) is 4.34. The minimum atomic E-state index is -4.69. The molecule has 0 radical (unpaired) electrons. The molecule has 1 unspecified atom stereocenters. The van der Waals surface area contributed by atoms with Gasteiger partial charge in [0.05, 0.1) is 25.7 Å². The Hall–Kier alpha value is -3.75. The highest BCUT2D eigenvalue weighted by Gasteiger charge is 2.39. The van der Waals surface area contributed by atoms with Crippen molar-refractivity contribution in [2.75, 3.05) is 13.7 Å². The van der Waals surface area contributed by atoms with Crippen molar-refractivity contribution in [1.29, 1.82) is 0 Å². The normalized spacial score (nSPS) is 18.4. The number of halogens is 4. The number of phenols is 1. The van der Waals surface area contributed by atoms with Gasteiger partial charge in [-0.1, -0.05) is 12.1 Å². The summed E-state index contributed by atoms with van der Waals surface area (Å²) < 4.78 is 72.9. The molecule has 2 aliphatic rings. The topological polar surface area (TPSA) is 65.0 Å². The summed E-state index contributed by atoms with van der Waals surface area (Å²) in [5.74, 6) is -0.709. The van der Waals surface area contributed by atoms with Crippen molar-refractivity contribution >= 4 is 5.97 Å². The molecule has 0 spiro atoms. The van der Waals surface area contributed by atoms with Crippen LogP contribution in [-0.2, 0) is 22.1 Å². The van der Waals surface area contributed by atoms with E-state index in [0.29, 0.717) is 35.7 Å². The Kier molecular flexibility index (Phi) is 6.02. The average Bonchev–Trinajstić information content (AvgIpc) is 3.42. The monoisotopic (exact) mass is 502 g/mol. The van der Waals surface area contributed by atoms with Crippen LogP contribution in [0.25, 0.3) is 11.1 Å². The van der Waals surface area contributed by atoms with Crippen LogP contribution in [0.1, 0.15) is 47.1 Å². The van der Waals surface area contributed by atoms with E-state index < -0.39 is 23.7 Å². The molecule has 3 aromatic carbocycles. The lowest BCUT2D eigenvalue weighted by Gasteiger charge is -2.20. The van der Waals surface area contributed by atoms with Crippen molar-refractivity contribution in [1.82, 2.24) is 0 Å². The Balaban J connectivity index is 1.47. The predicted molar refractivity (Wildman–Crippen MR) is 122 cm³/mol. The second kappa shape index (κ2) is 9.04. The van der Waals surface area contributed by atoms with Gasteiger partial charge in [0.15, 0.2) is 0 Å². The number of methoxy groups -OCH3 is 1. The molecular formula is C27H22F4O5. The number of esters is 1. The summed E-state index contributed by atoms with van der Waals surface area (Å²) in [5.41, 5.74) is 0.394. The van der Waals surface area contributed by atoms with Gasteiger partial charge in [-0.05, 0) is 48.2 Å². The summed E-state index contributed by atoms with van der Waals surface area (Å²) in [5, 5.41) is 9.54. The van der Waals surface area contributed by atoms with Crippen LogP contribution in [-0.4, -0.2) is 24.8 Å². The van der Waals surface area contributed by atoms with Crippen LogP contribution < -0.4 is 9.47 Å². The molecule has 36 heavy (non-hydrogen) atoms. The summed E-state index contributed by atoms with van der Waals surface area (Å²) >= 11 is 0. The van der Waals surface area contributed by atoms with Crippen molar-refractivity contribution in [3.8, 4) is 28.4 Å². The van der Waals surface area contributed by atoms with Crippen molar-refractivity contribution in [3.05, 3.63) is 76.6 Å². The van der Waals surface area contributed by atoms with Crippen molar-refractivity contribution in [3.63, 3.8) is 0 Å². The minimum Gasteiger partial charge on any atom is -0.508 e. The van der Waals surface area contributed by atoms with Crippen molar-refractivity contribution in [2.24, 2.45) is 0 Å². The largest absolute Gasteiger partial charge is 0.508 e. The molecule has 1 aliphatic heterocycles. The van der Waals surface area contributed by atoms with E-state index in [0.717, 1.165) is 23.8 Å². The number of ether oxygens (including phenoxy) is 3. The van der Waals surface area contributed by atoms with Gasteiger partial charge in [0, 0.05) is 34.7 Å². The van der Waals surface area contributed by atoms with E-state index in [2.05, 4.69) is 0 Å². The number of rotatable bonds is 5. The fourth-order valence-corrected chi connectivity index (χ4v) is 4.99. The van der Waals surface area contributed by atoms with Gasteiger partial charge in [0.2, 0.25) is 0 Å². The molecule has 0 saturated heterocycles. The highest BCUT2D eigenvalue weighted by molar-refractivity contribution is 5.75. The third-order valence-corrected chi connectivity index (χ3v) is 6.66. The zero-order valence-corrected chi connectivity index (χ0v) is 19.2. The first-order valence-electron chi connectivity index (χ1n) is 11.4. The van der Waals surface area contributed by atoms with Gasteiger partial charge in [0.25, 0.3) is 0 Å². The molecular weight excluding hydrogens is 480 g/mol. The number of carbonyl (C=O) groups is 1. The molecule has 0 aromatic heterocycles. The molecule has 3 aromatic rings. The van der Waals surface area contributed by atoms with E-state index >= 15 is 0 Å². The maximum atomic E-state index is 14.7. The predicted octanol–water partition coefficient (Wildman–Crippen LogP) is 6.32. The number of hydrogen-bond donors (Lipinski definition) is 1. The van der Waals surface area contributed by atoms with Gasteiger partial charge in [-0.25, -0.2) is 4.39 Å². The third-order valence-electron chi connectivity index (χ3n) is 6.66. The van der Waals surface area contributed by atoms with Crippen LogP contribution in [0.15, 0.2) is 48.5 Å². The molecule has 0 fully saturated rings. The van der Waals surface area contributed by atoms with E-state index in [1.54, 1.807) is 12.1 Å². The number of carbonyl (C=O) groups excluding carboxylic acids is 1. The highest BCUT2D eigenvalue weighted by atomic mass is 19.4. The number of phenolic OH excluding ortho intramolecular Hbond substituents is 1. The lowest BCUT2D eigenvalue weighted by molar-refractivity contribution is -0.141. The Labute approximate surface area is 204 Å². The fourth-order valence-electron chi connectivity index (χ4n) is 4.99. The van der Waals surface area contributed by atoms with Crippen molar-refractivity contribution in [2.45, 2.75) is 37.5 Å². The van der Waals surface area contributed by atoms with Gasteiger partial charge >= 0.3 is 12.1 Å². The molecule has 1 aliphatic carbocycles. The molecule has 1 heterocycles. The van der Waals surface area contributed by atoms with Crippen LogP contribution in [0.3, 0.4) is 0 Å². The summed E-state index contributed by atoms with van der Waals surface area (Å²) in [6, 6.07) is 10.7. The first-order chi connectivity index (χ1) is 17.2.